The van der Waals surface area contributed by atoms with Crippen molar-refractivity contribution in [2.45, 2.75) is 12.8 Å². The van der Waals surface area contributed by atoms with Crippen molar-refractivity contribution in [1.29, 1.82) is 0 Å². The van der Waals surface area contributed by atoms with Crippen LogP contribution in [-0.2, 0) is 4.74 Å². The molecule has 1 aromatic rings. The van der Waals surface area contributed by atoms with Crippen LogP contribution in [0, 0.1) is 0 Å². The van der Waals surface area contributed by atoms with E-state index in [1.165, 1.54) is 4.98 Å². The smallest absolute Gasteiger partial charge is 0.465 e. The van der Waals surface area contributed by atoms with Gasteiger partial charge < -0.3 is 14.5 Å². The molecule has 0 radical (unpaired) electrons. The Hall–Kier alpha value is -2.13. The van der Waals surface area contributed by atoms with Crippen LogP contribution >= 0.6 is 0 Å². The number of esters is 1. The summed E-state index contributed by atoms with van der Waals surface area (Å²) >= 11 is 0. The third-order valence-corrected chi connectivity index (χ3v) is 1.88. The molecular formula is C9H6F5NO4. The van der Waals surface area contributed by atoms with E-state index < -0.39 is 41.3 Å². The van der Waals surface area contributed by atoms with Crippen molar-refractivity contribution in [2.24, 2.45) is 0 Å². The number of hydrogen-bond donors (Lipinski definition) is 1. The Kier molecular flexibility index (Phi) is 4.12. The van der Waals surface area contributed by atoms with E-state index in [2.05, 4.69) is 9.47 Å². The highest BCUT2D eigenvalue weighted by molar-refractivity contribution is 5.89. The molecule has 19 heavy (non-hydrogen) atoms. The number of carbonyl (C=O) groups is 1. The maximum absolute atomic E-state index is 12.5. The molecule has 1 heterocycles. The number of methoxy groups -OCH3 is 1. The molecule has 1 rings (SSSR count). The van der Waals surface area contributed by atoms with Crippen LogP contribution in [0.4, 0.5) is 22.0 Å². The number of hydrogen-bond acceptors (Lipinski definition) is 4. The van der Waals surface area contributed by atoms with Gasteiger partial charge in [-0.2, -0.15) is 0 Å². The molecule has 0 aliphatic rings. The van der Waals surface area contributed by atoms with Crippen LogP contribution in [0.25, 0.3) is 0 Å². The zero-order chi connectivity index (χ0) is 14.8. The Morgan fingerprint density at radius 2 is 1.95 bits per heavy atom. The van der Waals surface area contributed by atoms with Gasteiger partial charge in [-0.25, -0.2) is 13.6 Å². The number of aromatic amines is 1. The second-order valence-electron chi connectivity index (χ2n) is 3.13. The Morgan fingerprint density at radius 3 is 2.37 bits per heavy atom. The van der Waals surface area contributed by atoms with Gasteiger partial charge in [0.2, 0.25) is 0 Å². The molecule has 0 saturated carbocycles. The summed E-state index contributed by atoms with van der Waals surface area (Å²) in [6.45, 7) is 0. The lowest BCUT2D eigenvalue weighted by molar-refractivity contribution is -0.275. The van der Waals surface area contributed by atoms with E-state index in [0.29, 0.717) is 0 Å². The predicted octanol–water partition coefficient (Wildman–Crippen LogP) is 2.00. The number of halogens is 5. The van der Waals surface area contributed by atoms with Crippen LogP contribution in [0.1, 0.15) is 22.5 Å². The van der Waals surface area contributed by atoms with E-state index in [1.807, 2.05) is 0 Å². The molecule has 0 fully saturated rings. The summed E-state index contributed by atoms with van der Waals surface area (Å²) in [5.41, 5.74) is -3.57. The summed E-state index contributed by atoms with van der Waals surface area (Å²) in [7, 11) is 0.868. The maximum Gasteiger partial charge on any atom is 0.573 e. The minimum atomic E-state index is -5.25. The van der Waals surface area contributed by atoms with Gasteiger partial charge in [0, 0.05) is 6.07 Å². The topological polar surface area (TPSA) is 68.4 Å². The number of nitrogens with one attached hydrogen (secondary N) is 1. The highest BCUT2D eigenvalue weighted by atomic mass is 19.4. The van der Waals surface area contributed by atoms with Crippen LogP contribution in [0.15, 0.2) is 10.9 Å². The Bertz CT molecular complexity index is 536. The molecule has 0 aliphatic carbocycles. The quantitative estimate of drug-likeness (QED) is 0.682. The van der Waals surface area contributed by atoms with E-state index in [0.717, 1.165) is 7.11 Å². The molecule has 0 atom stereocenters. The third-order valence-electron chi connectivity index (χ3n) is 1.88. The first-order chi connectivity index (χ1) is 8.65. The lowest BCUT2D eigenvalue weighted by Gasteiger charge is -2.13. The van der Waals surface area contributed by atoms with Gasteiger partial charge in [-0.3, -0.25) is 4.79 Å². The zero-order valence-electron chi connectivity index (χ0n) is 9.18. The highest BCUT2D eigenvalue weighted by Crippen LogP contribution is 2.31. The molecule has 0 unspecified atom stereocenters. The molecule has 5 nitrogen and oxygen atoms in total. The van der Waals surface area contributed by atoms with Gasteiger partial charge in [0.1, 0.15) is 11.3 Å². The summed E-state index contributed by atoms with van der Waals surface area (Å²) in [6, 6.07) is 0.250. The number of alkyl halides is 5. The van der Waals surface area contributed by atoms with Crippen molar-refractivity contribution in [3.05, 3.63) is 27.7 Å². The second-order valence-corrected chi connectivity index (χ2v) is 3.13. The summed E-state index contributed by atoms with van der Waals surface area (Å²) in [5, 5.41) is 0. The average molecular weight is 287 g/mol. The fourth-order valence-corrected chi connectivity index (χ4v) is 1.16. The highest BCUT2D eigenvalue weighted by Gasteiger charge is 2.34. The number of rotatable bonds is 3. The first kappa shape index (κ1) is 14.9. The number of ether oxygens (including phenoxy) is 2. The Morgan fingerprint density at radius 1 is 1.37 bits per heavy atom. The molecule has 106 valence electrons. The third kappa shape index (κ3) is 3.66. The van der Waals surface area contributed by atoms with Crippen LogP contribution < -0.4 is 10.3 Å². The normalized spacial score (nSPS) is 11.5. The second kappa shape index (κ2) is 5.24. The minimum Gasteiger partial charge on any atom is -0.465 e. The van der Waals surface area contributed by atoms with E-state index in [1.54, 1.807) is 0 Å². The lowest BCUT2D eigenvalue weighted by Crippen LogP contribution is -2.24. The first-order valence-electron chi connectivity index (χ1n) is 4.55. The van der Waals surface area contributed by atoms with Crippen LogP contribution in [0.3, 0.4) is 0 Å². The van der Waals surface area contributed by atoms with Gasteiger partial charge in [-0.15, -0.1) is 13.2 Å². The number of aromatic nitrogens is 1. The molecule has 1 aromatic heterocycles. The fourth-order valence-electron chi connectivity index (χ4n) is 1.16. The molecule has 0 aliphatic heterocycles. The van der Waals surface area contributed by atoms with Gasteiger partial charge in [-0.05, 0) is 0 Å². The van der Waals surface area contributed by atoms with Crippen molar-refractivity contribution >= 4 is 5.97 Å². The van der Waals surface area contributed by atoms with Gasteiger partial charge in [0.15, 0.2) is 5.75 Å². The molecule has 1 N–H and O–H groups in total. The van der Waals surface area contributed by atoms with Crippen molar-refractivity contribution in [3.63, 3.8) is 0 Å². The first-order valence-corrected chi connectivity index (χ1v) is 4.55. The van der Waals surface area contributed by atoms with Crippen LogP contribution in [0.5, 0.6) is 5.75 Å². The van der Waals surface area contributed by atoms with Crippen molar-refractivity contribution in [2.75, 3.05) is 7.11 Å². The van der Waals surface area contributed by atoms with Crippen molar-refractivity contribution < 1.29 is 36.2 Å². The van der Waals surface area contributed by atoms with E-state index in [9.17, 15) is 31.5 Å². The monoisotopic (exact) mass is 287 g/mol. The van der Waals surface area contributed by atoms with E-state index >= 15 is 0 Å². The SMILES string of the molecule is COC(=O)c1cc(OC(F)(F)F)c(C(F)F)[nH]c1=O. The number of pyridine rings is 1. The maximum atomic E-state index is 12.5. The van der Waals surface area contributed by atoms with E-state index in [-0.39, 0.29) is 6.07 Å². The summed E-state index contributed by atoms with van der Waals surface area (Å²) < 4.78 is 68.4. The summed E-state index contributed by atoms with van der Waals surface area (Å²) in [4.78, 5) is 23.8. The van der Waals surface area contributed by atoms with Gasteiger partial charge in [0.05, 0.1) is 7.11 Å². The molecule has 0 saturated heterocycles. The van der Waals surface area contributed by atoms with Gasteiger partial charge in [-0.1, -0.05) is 0 Å². The Labute approximate surface area is 101 Å². The summed E-state index contributed by atoms with van der Waals surface area (Å²) in [5.74, 6) is -2.66. The molecular weight excluding hydrogens is 281 g/mol. The fraction of sp³-hybridized carbons (Fsp3) is 0.333. The number of carbonyl (C=O) groups excluding carboxylic acids is 1. The minimum absolute atomic E-state index is 0.250. The van der Waals surface area contributed by atoms with Gasteiger partial charge in [0.25, 0.3) is 12.0 Å². The standard InChI is InChI=1S/C9H6F5NO4/c1-18-8(17)3-2-4(19-9(12,13)14)5(6(10)11)15-7(3)16/h2,6H,1H3,(H,15,16). The molecule has 0 amide bonds. The lowest BCUT2D eigenvalue weighted by atomic mass is 10.2. The number of H-pyrrole nitrogens is 1. The Balaban J connectivity index is 3.40. The van der Waals surface area contributed by atoms with Crippen molar-refractivity contribution in [3.8, 4) is 5.75 Å². The molecule has 0 spiro atoms. The van der Waals surface area contributed by atoms with Crippen LogP contribution in [0.2, 0.25) is 0 Å². The molecule has 0 aromatic carbocycles. The summed E-state index contributed by atoms with van der Waals surface area (Å²) in [6.07, 6.45) is -8.67. The molecule has 10 heteroatoms. The molecule has 0 bridgehead atoms. The van der Waals surface area contributed by atoms with Crippen molar-refractivity contribution in [1.82, 2.24) is 4.98 Å². The zero-order valence-corrected chi connectivity index (χ0v) is 9.18. The van der Waals surface area contributed by atoms with Crippen LogP contribution in [-0.4, -0.2) is 24.4 Å². The largest absolute Gasteiger partial charge is 0.573 e. The van der Waals surface area contributed by atoms with Gasteiger partial charge >= 0.3 is 12.3 Å². The predicted molar refractivity (Wildman–Crippen MR) is 50.0 cm³/mol. The van der Waals surface area contributed by atoms with E-state index in [4.69, 9.17) is 0 Å². The average Bonchev–Trinajstić information content (AvgIpc) is 2.27.